The van der Waals surface area contributed by atoms with E-state index < -0.39 is 0 Å². The van der Waals surface area contributed by atoms with Crippen LogP contribution in [0, 0.1) is 16.7 Å². The van der Waals surface area contributed by atoms with E-state index in [1.54, 1.807) is 0 Å². The van der Waals surface area contributed by atoms with Crippen LogP contribution in [0.3, 0.4) is 0 Å². The van der Waals surface area contributed by atoms with Crippen molar-refractivity contribution in [3.8, 4) is 0 Å². The van der Waals surface area contributed by atoms with E-state index in [4.69, 9.17) is 0 Å². The molecule has 0 spiro atoms. The summed E-state index contributed by atoms with van der Waals surface area (Å²) in [5.74, 6) is 0.367. The van der Waals surface area contributed by atoms with Crippen molar-refractivity contribution in [3.05, 3.63) is 58.4 Å². The first kappa shape index (κ1) is 19.2. The number of rotatable bonds is 2. The summed E-state index contributed by atoms with van der Waals surface area (Å²) in [5.41, 5.74) is 5.21. The first-order valence-electron chi connectivity index (χ1n) is 10.4. The molecule has 1 aromatic carbocycles. The zero-order valence-corrected chi connectivity index (χ0v) is 17.8. The number of carbonyl (C=O) groups is 2. The van der Waals surface area contributed by atoms with Crippen molar-refractivity contribution in [1.29, 1.82) is 0 Å². The summed E-state index contributed by atoms with van der Waals surface area (Å²) >= 11 is 0. The van der Waals surface area contributed by atoms with Crippen LogP contribution in [0.5, 0.6) is 0 Å². The van der Waals surface area contributed by atoms with Crippen LogP contribution in [-0.4, -0.2) is 16.5 Å². The summed E-state index contributed by atoms with van der Waals surface area (Å²) in [7, 11) is 0. The van der Waals surface area contributed by atoms with Gasteiger partial charge in [-0.05, 0) is 29.2 Å². The van der Waals surface area contributed by atoms with Crippen molar-refractivity contribution in [1.82, 2.24) is 4.90 Å². The number of benzene rings is 1. The highest BCUT2D eigenvalue weighted by atomic mass is 16.1. The molecule has 0 aromatic heterocycles. The number of ketones is 2. The molecule has 0 atom stereocenters. The van der Waals surface area contributed by atoms with Crippen molar-refractivity contribution >= 4 is 11.6 Å². The van der Waals surface area contributed by atoms with Gasteiger partial charge in [0.25, 0.3) is 0 Å². The molecule has 2 aliphatic carbocycles. The maximum Gasteiger partial charge on any atom is 0.161 e. The molecule has 0 unspecified atom stereocenters. The Kier molecular flexibility index (Phi) is 4.41. The highest BCUT2D eigenvalue weighted by molar-refractivity contribution is 6.05. The van der Waals surface area contributed by atoms with Crippen LogP contribution in [0.1, 0.15) is 65.9 Å². The molecule has 3 heteroatoms. The number of carbonyl (C=O) groups excluding carboxylic acids is 2. The van der Waals surface area contributed by atoms with E-state index in [1.807, 2.05) is 6.07 Å². The molecule has 28 heavy (non-hydrogen) atoms. The van der Waals surface area contributed by atoms with Crippen LogP contribution in [0.4, 0.5) is 0 Å². The van der Waals surface area contributed by atoms with Gasteiger partial charge in [-0.2, -0.15) is 0 Å². The van der Waals surface area contributed by atoms with Crippen LogP contribution >= 0.6 is 0 Å². The van der Waals surface area contributed by atoms with E-state index >= 15 is 0 Å². The third-order valence-corrected chi connectivity index (χ3v) is 6.49. The molecule has 1 aromatic rings. The number of hydrogen-bond donors (Lipinski definition) is 0. The van der Waals surface area contributed by atoms with E-state index in [-0.39, 0.29) is 28.3 Å². The van der Waals surface area contributed by atoms with Crippen molar-refractivity contribution in [2.75, 3.05) is 0 Å². The van der Waals surface area contributed by atoms with Crippen LogP contribution in [0.2, 0.25) is 0 Å². The van der Waals surface area contributed by atoms with Gasteiger partial charge in [0.05, 0.1) is 0 Å². The van der Waals surface area contributed by atoms with Crippen LogP contribution < -0.4 is 0 Å². The molecule has 148 valence electrons. The van der Waals surface area contributed by atoms with Crippen molar-refractivity contribution < 1.29 is 9.59 Å². The Morgan fingerprint density at radius 2 is 1.29 bits per heavy atom. The lowest BCUT2D eigenvalue weighted by Crippen LogP contribution is -2.44. The Balaban J connectivity index is 1.87. The molecule has 3 nitrogen and oxygen atoms in total. The largest absolute Gasteiger partial charge is 0.343 e. The van der Waals surface area contributed by atoms with Gasteiger partial charge in [-0.15, -0.1) is 0 Å². The lowest BCUT2D eigenvalue weighted by atomic mass is 9.65. The first-order valence-corrected chi connectivity index (χ1v) is 10.4. The van der Waals surface area contributed by atoms with Gasteiger partial charge in [0, 0.05) is 47.8 Å². The van der Waals surface area contributed by atoms with Crippen LogP contribution in [0.15, 0.2) is 52.9 Å². The quantitative estimate of drug-likeness (QED) is 0.690. The summed E-state index contributed by atoms with van der Waals surface area (Å²) < 4.78 is 0. The second-order valence-corrected chi connectivity index (χ2v) is 10.4. The fraction of sp³-hybridized carbons (Fsp3) is 0.520. The monoisotopic (exact) mass is 377 g/mol. The van der Waals surface area contributed by atoms with E-state index in [0.717, 1.165) is 41.9 Å². The van der Waals surface area contributed by atoms with Gasteiger partial charge in [0.2, 0.25) is 0 Å². The second-order valence-electron chi connectivity index (χ2n) is 10.4. The summed E-state index contributed by atoms with van der Waals surface area (Å²) in [6.07, 6.45) is 2.91. The number of Topliss-reactive ketones (excluding diaryl/α,β-unsaturated/α-hetero) is 2. The predicted molar refractivity (Wildman–Crippen MR) is 111 cm³/mol. The molecule has 0 saturated carbocycles. The third kappa shape index (κ3) is 3.25. The molecule has 0 fully saturated rings. The second kappa shape index (κ2) is 6.43. The maximum atomic E-state index is 13.1. The van der Waals surface area contributed by atoms with Gasteiger partial charge in [0.1, 0.15) is 0 Å². The molecule has 1 heterocycles. The average Bonchev–Trinajstić information content (AvgIpc) is 2.56. The molecule has 0 bridgehead atoms. The van der Waals surface area contributed by atoms with Gasteiger partial charge >= 0.3 is 0 Å². The maximum absolute atomic E-state index is 13.1. The zero-order chi connectivity index (χ0) is 20.3. The van der Waals surface area contributed by atoms with E-state index in [2.05, 4.69) is 63.8 Å². The van der Waals surface area contributed by atoms with Crippen molar-refractivity contribution in [2.45, 2.75) is 66.8 Å². The minimum Gasteiger partial charge on any atom is -0.343 e. The Morgan fingerprint density at radius 3 is 1.75 bits per heavy atom. The molecule has 0 saturated heterocycles. The van der Waals surface area contributed by atoms with Gasteiger partial charge in [-0.1, -0.05) is 65.0 Å². The highest BCUT2D eigenvalue weighted by Gasteiger charge is 2.46. The Hall–Kier alpha value is -2.16. The van der Waals surface area contributed by atoms with Crippen LogP contribution in [0.25, 0.3) is 0 Å². The lowest BCUT2D eigenvalue weighted by molar-refractivity contribution is -0.120. The fourth-order valence-corrected chi connectivity index (χ4v) is 5.33. The summed E-state index contributed by atoms with van der Waals surface area (Å²) in [5, 5.41) is 0. The molecule has 0 amide bonds. The number of nitrogens with zero attached hydrogens (tertiary/aromatic N) is 1. The molecule has 0 N–H and O–H groups in total. The highest BCUT2D eigenvalue weighted by Crippen LogP contribution is 2.51. The minimum atomic E-state index is -0.0794. The smallest absolute Gasteiger partial charge is 0.161 e. The van der Waals surface area contributed by atoms with Crippen LogP contribution in [-0.2, 0) is 16.1 Å². The number of hydrogen-bond acceptors (Lipinski definition) is 3. The summed E-state index contributed by atoms with van der Waals surface area (Å²) in [6.45, 7) is 11.5. The fourth-order valence-electron chi connectivity index (χ4n) is 5.33. The summed E-state index contributed by atoms with van der Waals surface area (Å²) in [4.78, 5) is 28.6. The Bertz CT molecular complexity index is 848. The van der Waals surface area contributed by atoms with E-state index in [1.165, 1.54) is 5.56 Å². The van der Waals surface area contributed by atoms with Gasteiger partial charge in [0.15, 0.2) is 11.6 Å². The average molecular weight is 378 g/mol. The molecular formula is C25H31NO2. The van der Waals surface area contributed by atoms with E-state index in [0.29, 0.717) is 12.8 Å². The zero-order valence-electron chi connectivity index (χ0n) is 17.8. The Morgan fingerprint density at radius 1 is 0.821 bits per heavy atom. The molecular weight excluding hydrogens is 346 g/mol. The molecule has 3 aliphatic rings. The van der Waals surface area contributed by atoms with Gasteiger partial charge < -0.3 is 4.90 Å². The first-order chi connectivity index (χ1) is 13.1. The summed E-state index contributed by atoms with van der Waals surface area (Å²) in [6, 6.07) is 10.4. The van der Waals surface area contributed by atoms with E-state index in [9.17, 15) is 9.59 Å². The van der Waals surface area contributed by atoms with Crippen molar-refractivity contribution in [3.63, 3.8) is 0 Å². The standard InChI is InChI=1S/C25H31NO2/c1-16-22-18(11-24(2,3)13-20(22)27)26(15-17-9-7-6-8-10-17)19-12-25(4,5)14-21(28)23(16)19/h6-10,16H,11-15H2,1-5H3. The molecule has 1 aliphatic heterocycles. The lowest BCUT2D eigenvalue weighted by Gasteiger charge is -2.48. The predicted octanol–water partition coefficient (Wildman–Crippen LogP) is 5.42. The molecule has 4 rings (SSSR count). The van der Waals surface area contributed by atoms with Crippen molar-refractivity contribution in [2.24, 2.45) is 16.7 Å². The minimum absolute atomic E-state index is 0.0448. The normalized spacial score (nSPS) is 24.4. The SMILES string of the molecule is CC1C2=C(CC(C)(C)CC2=O)N(Cc2ccccc2)C2=C1C(=O)CC(C)(C)C2. The molecule has 0 radical (unpaired) electrons. The van der Waals surface area contributed by atoms with Gasteiger partial charge in [-0.3, -0.25) is 9.59 Å². The Labute approximate surface area is 168 Å². The third-order valence-electron chi connectivity index (χ3n) is 6.49. The topological polar surface area (TPSA) is 37.4 Å². The number of allylic oxidation sites excluding steroid dienone is 4. The van der Waals surface area contributed by atoms with Gasteiger partial charge in [-0.25, -0.2) is 0 Å².